The molecule has 0 spiro atoms. The molecule has 1 amide bonds. The van der Waals surface area contributed by atoms with E-state index in [1.807, 2.05) is 26.8 Å². The van der Waals surface area contributed by atoms with E-state index in [9.17, 15) is 4.79 Å². The topological polar surface area (TPSA) is 130 Å². The Kier molecular flexibility index (Phi) is 5.70. The van der Waals surface area contributed by atoms with E-state index < -0.39 is 5.91 Å². The number of hydrogen-bond acceptors (Lipinski definition) is 8. The summed E-state index contributed by atoms with van der Waals surface area (Å²) in [4.78, 5) is 24.9. The van der Waals surface area contributed by atoms with Crippen LogP contribution in [0.15, 0.2) is 18.2 Å². The highest BCUT2D eigenvalue weighted by Crippen LogP contribution is 2.22. The van der Waals surface area contributed by atoms with Gasteiger partial charge in [-0.25, -0.2) is 0 Å². The first-order valence-corrected chi connectivity index (χ1v) is 9.08. The van der Waals surface area contributed by atoms with Gasteiger partial charge in [-0.3, -0.25) is 4.79 Å². The molecule has 0 aliphatic carbocycles. The van der Waals surface area contributed by atoms with Crippen LogP contribution in [0.4, 0.5) is 23.5 Å². The summed E-state index contributed by atoms with van der Waals surface area (Å²) < 4.78 is 0. The molecule has 1 saturated heterocycles. The van der Waals surface area contributed by atoms with Crippen LogP contribution in [0.1, 0.15) is 36.2 Å². The van der Waals surface area contributed by atoms with Gasteiger partial charge in [0.2, 0.25) is 23.8 Å². The van der Waals surface area contributed by atoms with Gasteiger partial charge in [0.15, 0.2) is 0 Å². The lowest BCUT2D eigenvalue weighted by Crippen LogP contribution is -2.24. The van der Waals surface area contributed by atoms with Gasteiger partial charge in [0.1, 0.15) is 0 Å². The van der Waals surface area contributed by atoms with Gasteiger partial charge in [0.05, 0.1) is 0 Å². The molecular formula is C18H26N8O. The summed E-state index contributed by atoms with van der Waals surface area (Å²) in [7, 11) is 0. The maximum absolute atomic E-state index is 11.5. The smallest absolute Gasteiger partial charge is 0.248 e. The molecule has 27 heavy (non-hydrogen) atoms. The highest BCUT2D eigenvalue weighted by molar-refractivity contribution is 5.94. The van der Waals surface area contributed by atoms with Crippen molar-refractivity contribution >= 4 is 29.4 Å². The van der Waals surface area contributed by atoms with Crippen LogP contribution in [0.25, 0.3) is 0 Å². The van der Waals surface area contributed by atoms with E-state index >= 15 is 0 Å². The Labute approximate surface area is 158 Å². The quantitative estimate of drug-likeness (QED) is 0.497. The molecule has 144 valence electrons. The Hall–Kier alpha value is -2.94. The fourth-order valence-corrected chi connectivity index (χ4v) is 2.81. The van der Waals surface area contributed by atoms with E-state index in [0.29, 0.717) is 23.4 Å². The molecule has 2 heterocycles. The maximum Gasteiger partial charge on any atom is 0.248 e. The minimum Gasteiger partial charge on any atom is -0.366 e. The highest BCUT2D eigenvalue weighted by atomic mass is 16.1. The first-order chi connectivity index (χ1) is 12.9. The average molecular weight is 370 g/mol. The largest absolute Gasteiger partial charge is 0.366 e. The van der Waals surface area contributed by atoms with Gasteiger partial charge in [-0.2, -0.15) is 15.0 Å². The molecule has 1 atom stereocenters. The molecule has 0 saturated carbocycles. The third-order valence-corrected chi connectivity index (χ3v) is 4.22. The number of nitrogens with two attached hydrogens (primary N) is 1. The molecule has 3 rings (SSSR count). The maximum atomic E-state index is 11.5. The van der Waals surface area contributed by atoms with Crippen molar-refractivity contribution in [2.45, 2.75) is 39.3 Å². The van der Waals surface area contributed by atoms with Crippen molar-refractivity contribution < 1.29 is 4.79 Å². The summed E-state index contributed by atoms with van der Waals surface area (Å²) >= 11 is 0. The molecule has 0 radical (unpaired) electrons. The molecule has 9 heteroatoms. The number of benzene rings is 1. The number of carbonyl (C=O) groups is 1. The number of aryl methyl sites for hydroxylation is 1. The predicted octanol–water partition coefficient (Wildman–Crippen LogP) is 1.62. The van der Waals surface area contributed by atoms with E-state index in [4.69, 9.17) is 5.73 Å². The van der Waals surface area contributed by atoms with E-state index in [1.54, 1.807) is 12.1 Å². The number of carbonyl (C=O) groups excluding carboxylic acids is 1. The molecule has 1 aromatic carbocycles. The molecule has 0 unspecified atom stereocenters. The Morgan fingerprint density at radius 3 is 2.63 bits per heavy atom. The van der Waals surface area contributed by atoms with Crippen molar-refractivity contribution in [2.24, 2.45) is 5.73 Å². The molecule has 0 bridgehead atoms. The first-order valence-electron chi connectivity index (χ1n) is 9.08. The predicted molar refractivity (Wildman–Crippen MR) is 106 cm³/mol. The molecule has 1 aromatic heterocycles. The highest BCUT2D eigenvalue weighted by Gasteiger charge is 2.17. The van der Waals surface area contributed by atoms with E-state index in [1.165, 1.54) is 0 Å². The summed E-state index contributed by atoms with van der Waals surface area (Å²) in [5.74, 6) is 0.908. The van der Waals surface area contributed by atoms with E-state index in [0.717, 1.165) is 30.8 Å². The normalized spacial score (nSPS) is 16.4. The number of aromatic nitrogens is 3. The number of nitrogens with one attached hydrogen (secondary N) is 4. The zero-order valence-corrected chi connectivity index (χ0v) is 15.8. The van der Waals surface area contributed by atoms with Gasteiger partial charge in [0.25, 0.3) is 0 Å². The Balaban J connectivity index is 1.88. The lowest BCUT2D eigenvalue weighted by atomic mass is 10.1. The van der Waals surface area contributed by atoms with Crippen LogP contribution in [0.2, 0.25) is 0 Å². The van der Waals surface area contributed by atoms with E-state index in [2.05, 4.69) is 36.2 Å². The lowest BCUT2D eigenvalue weighted by Gasteiger charge is -2.16. The number of hydrogen-bond donors (Lipinski definition) is 5. The molecule has 1 aliphatic rings. The van der Waals surface area contributed by atoms with Gasteiger partial charge in [0, 0.05) is 29.9 Å². The van der Waals surface area contributed by atoms with Crippen molar-refractivity contribution in [1.82, 2.24) is 20.3 Å². The number of rotatable bonds is 7. The summed E-state index contributed by atoms with van der Waals surface area (Å²) in [6.07, 6.45) is 1.02. The molecule has 6 N–H and O–H groups in total. The summed E-state index contributed by atoms with van der Waals surface area (Å²) in [5, 5.41) is 13.0. The number of nitrogens with zero attached hydrogens (tertiary/aromatic N) is 3. The first kappa shape index (κ1) is 18.8. The third kappa shape index (κ3) is 5.04. The monoisotopic (exact) mass is 370 g/mol. The van der Waals surface area contributed by atoms with Gasteiger partial charge in [-0.15, -0.1) is 0 Å². The van der Waals surface area contributed by atoms with Crippen molar-refractivity contribution in [1.29, 1.82) is 0 Å². The number of anilines is 4. The fraction of sp³-hybridized carbons (Fsp3) is 0.444. The van der Waals surface area contributed by atoms with Crippen molar-refractivity contribution in [3.8, 4) is 0 Å². The zero-order chi connectivity index (χ0) is 19.4. The molecule has 1 fully saturated rings. The standard InChI is InChI=1S/C18H26N8O/c1-10(2)21-16-24-17(22-13-6-7-20-9-13)26-18(25-16)23-14-8-12(15(19)27)5-4-11(14)3/h4-5,8,10,13,20H,6-7,9H2,1-3H3,(H2,19,27)(H3,21,22,23,24,25,26)/t13-/m0/s1. The summed E-state index contributed by atoms with van der Waals surface area (Å²) in [6, 6.07) is 5.70. The molecular weight excluding hydrogens is 344 g/mol. The Morgan fingerprint density at radius 2 is 1.96 bits per heavy atom. The molecule has 2 aromatic rings. The van der Waals surface area contributed by atoms with Crippen LogP contribution in [-0.2, 0) is 0 Å². The third-order valence-electron chi connectivity index (χ3n) is 4.22. The van der Waals surface area contributed by atoms with Crippen LogP contribution in [0, 0.1) is 6.92 Å². The van der Waals surface area contributed by atoms with Crippen molar-refractivity contribution in [3.05, 3.63) is 29.3 Å². The van der Waals surface area contributed by atoms with E-state index in [-0.39, 0.29) is 12.1 Å². The number of primary amides is 1. The molecule has 1 aliphatic heterocycles. The lowest BCUT2D eigenvalue weighted by molar-refractivity contribution is 0.100. The van der Waals surface area contributed by atoms with Gasteiger partial charge in [-0.05, 0) is 51.4 Å². The van der Waals surface area contributed by atoms with Crippen LogP contribution < -0.4 is 27.0 Å². The van der Waals surface area contributed by atoms with Gasteiger partial charge in [-0.1, -0.05) is 6.07 Å². The van der Waals surface area contributed by atoms with Crippen molar-refractivity contribution in [2.75, 3.05) is 29.0 Å². The minimum absolute atomic E-state index is 0.182. The fourth-order valence-electron chi connectivity index (χ4n) is 2.81. The molecule has 9 nitrogen and oxygen atoms in total. The Bertz CT molecular complexity index is 817. The minimum atomic E-state index is -0.480. The second kappa shape index (κ2) is 8.17. The summed E-state index contributed by atoms with van der Waals surface area (Å²) in [6.45, 7) is 7.83. The number of amides is 1. The zero-order valence-electron chi connectivity index (χ0n) is 15.8. The Morgan fingerprint density at radius 1 is 1.22 bits per heavy atom. The van der Waals surface area contributed by atoms with Gasteiger partial charge < -0.3 is 27.0 Å². The second-order valence-electron chi connectivity index (χ2n) is 6.96. The summed E-state index contributed by atoms with van der Waals surface area (Å²) in [5.41, 5.74) is 7.49. The van der Waals surface area contributed by atoms with Gasteiger partial charge >= 0.3 is 0 Å². The SMILES string of the molecule is Cc1ccc(C(N)=O)cc1Nc1nc(NC(C)C)nc(N[C@H]2CCNC2)n1. The second-order valence-corrected chi connectivity index (χ2v) is 6.96. The average Bonchev–Trinajstić information content (AvgIpc) is 3.08. The van der Waals surface area contributed by atoms with Crippen LogP contribution in [-0.4, -0.2) is 46.0 Å². The van der Waals surface area contributed by atoms with Crippen LogP contribution >= 0.6 is 0 Å². The van der Waals surface area contributed by atoms with Crippen LogP contribution in [0.3, 0.4) is 0 Å². The van der Waals surface area contributed by atoms with Crippen molar-refractivity contribution in [3.63, 3.8) is 0 Å². The van der Waals surface area contributed by atoms with Crippen LogP contribution in [0.5, 0.6) is 0 Å².